The highest BCUT2D eigenvalue weighted by atomic mass is 16.5. The van der Waals surface area contributed by atoms with E-state index in [2.05, 4.69) is 6.07 Å². The van der Waals surface area contributed by atoms with Crippen molar-refractivity contribution in [1.29, 1.82) is 0 Å². The number of hydrogen-bond acceptors (Lipinski definition) is 3. The van der Waals surface area contributed by atoms with E-state index < -0.39 is 11.4 Å². The molecule has 0 radical (unpaired) electrons. The molecule has 3 heteroatoms. The first-order chi connectivity index (χ1) is 11.0. The molecule has 0 aromatic heterocycles. The SMILES string of the molecule is OC1(O)c2cccc3cc4ccccc4c(c23)C1(O)C1CCC1. The van der Waals surface area contributed by atoms with E-state index in [4.69, 9.17) is 0 Å². The van der Waals surface area contributed by atoms with E-state index in [1.165, 1.54) is 0 Å². The van der Waals surface area contributed by atoms with Gasteiger partial charge in [-0.25, -0.2) is 0 Å². The molecule has 0 saturated heterocycles. The minimum atomic E-state index is -2.25. The molecule has 0 heterocycles. The topological polar surface area (TPSA) is 60.7 Å². The summed E-state index contributed by atoms with van der Waals surface area (Å²) < 4.78 is 0. The van der Waals surface area contributed by atoms with Gasteiger partial charge in [-0.05, 0) is 46.4 Å². The Morgan fingerprint density at radius 3 is 2.35 bits per heavy atom. The zero-order chi connectivity index (χ0) is 15.8. The molecule has 2 aliphatic rings. The number of rotatable bonds is 1. The molecule has 0 amide bonds. The van der Waals surface area contributed by atoms with Crippen molar-refractivity contribution in [2.75, 3.05) is 0 Å². The first kappa shape index (κ1) is 13.5. The van der Waals surface area contributed by atoms with Gasteiger partial charge < -0.3 is 15.3 Å². The van der Waals surface area contributed by atoms with Crippen molar-refractivity contribution in [1.82, 2.24) is 0 Å². The second kappa shape index (κ2) is 4.12. The van der Waals surface area contributed by atoms with Crippen molar-refractivity contribution in [3.63, 3.8) is 0 Å². The zero-order valence-electron chi connectivity index (χ0n) is 12.7. The van der Waals surface area contributed by atoms with E-state index in [1.54, 1.807) is 6.07 Å². The van der Waals surface area contributed by atoms with Crippen molar-refractivity contribution in [2.45, 2.75) is 30.7 Å². The highest BCUT2D eigenvalue weighted by Gasteiger charge is 2.62. The third-order valence-electron chi connectivity index (χ3n) is 5.87. The minimum Gasteiger partial charge on any atom is -0.379 e. The summed E-state index contributed by atoms with van der Waals surface area (Å²) in [6.07, 6.45) is 2.66. The highest BCUT2D eigenvalue weighted by Crippen LogP contribution is 2.59. The van der Waals surface area contributed by atoms with Crippen molar-refractivity contribution in [3.05, 3.63) is 59.7 Å². The Labute approximate surface area is 133 Å². The molecule has 5 rings (SSSR count). The smallest absolute Gasteiger partial charge is 0.225 e. The highest BCUT2D eigenvalue weighted by molar-refractivity contribution is 6.06. The Bertz CT molecular complexity index is 956. The van der Waals surface area contributed by atoms with Gasteiger partial charge in [0.1, 0.15) is 0 Å². The molecule has 23 heavy (non-hydrogen) atoms. The fraction of sp³-hybridized carbons (Fsp3) is 0.300. The van der Waals surface area contributed by atoms with E-state index >= 15 is 0 Å². The zero-order valence-corrected chi connectivity index (χ0v) is 12.7. The van der Waals surface area contributed by atoms with Gasteiger partial charge >= 0.3 is 0 Å². The Morgan fingerprint density at radius 2 is 1.61 bits per heavy atom. The molecule has 116 valence electrons. The molecule has 3 aromatic carbocycles. The van der Waals surface area contributed by atoms with Gasteiger partial charge in [-0.15, -0.1) is 0 Å². The fourth-order valence-electron chi connectivity index (χ4n) is 4.50. The fourth-order valence-corrected chi connectivity index (χ4v) is 4.50. The maximum atomic E-state index is 11.6. The summed E-state index contributed by atoms with van der Waals surface area (Å²) in [5, 5.41) is 37.1. The molecule has 3 aromatic rings. The van der Waals surface area contributed by atoms with Crippen molar-refractivity contribution in [3.8, 4) is 0 Å². The third kappa shape index (κ3) is 1.41. The molecular weight excluding hydrogens is 288 g/mol. The molecule has 3 N–H and O–H groups in total. The number of benzene rings is 3. The molecule has 0 bridgehead atoms. The predicted octanol–water partition coefficient (Wildman–Crippen LogP) is 3.13. The van der Waals surface area contributed by atoms with Crippen LogP contribution in [0.25, 0.3) is 21.5 Å². The molecule has 1 saturated carbocycles. The average molecular weight is 306 g/mol. The largest absolute Gasteiger partial charge is 0.379 e. The normalized spacial score (nSPS) is 25.9. The summed E-state index contributed by atoms with van der Waals surface area (Å²) in [5.74, 6) is -2.37. The monoisotopic (exact) mass is 306 g/mol. The molecule has 2 aliphatic carbocycles. The van der Waals surface area contributed by atoms with Crippen molar-refractivity contribution < 1.29 is 15.3 Å². The van der Waals surface area contributed by atoms with Gasteiger partial charge in [0.2, 0.25) is 5.79 Å². The third-order valence-corrected chi connectivity index (χ3v) is 5.87. The van der Waals surface area contributed by atoms with Crippen LogP contribution in [0.5, 0.6) is 0 Å². The number of fused-ring (bicyclic) bond motifs is 2. The van der Waals surface area contributed by atoms with E-state index in [-0.39, 0.29) is 5.92 Å². The lowest BCUT2D eigenvalue weighted by atomic mass is 9.67. The van der Waals surface area contributed by atoms with Gasteiger partial charge in [0.05, 0.1) is 0 Å². The quantitative estimate of drug-likeness (QED) is 0.478. The van der Waals surface area contributed by atoms with E-state index in [0.717, 1.165) is 40.8 Å². The van der Waals surface area contributed by atoms with Crippen LogP contribution in [0.15, 0.2) is 48.5 Å². The van der Waals surface area contributed by atoms with Crippen LogP contribution in [0.3, 0.4) is 0 Å². The van der Waals surface area contributed by atoms with Crippen LogP contribution in [0, 0.1) is 5.92 Å². The van der Waals surface area contributed by atoms with Crippen LogP contribution in [0.2, 0.25) is 0 Å². The summed E-state index contributed by atoms with van der Waals surface area (Å²) in [5.41, 5.74) is -0.533. The first-order valence-corrected chi connectivity index (χ1v) is 8.17. The van der Waals surface area contributed by atoms with E-state index in [0.29, 0.717) is 11.1 Å². The Balaban J connectivity index is 2.01. The van der Waals surface area contributed by atoms with Crippen LogP contribution in [-0.2, 0) is 11.4 Å². The van der Waals surface area contributed by atoms with Crippen LogP contribution >= 0.6 is 0 Å². The molecule has 1 atom stereocenters. The van der Waals surface area contributed by atoms with Gasteiger partial charge in [0, 0.05) is 11.1 Å². The van der Waals surface area contributed by atoms with Gasteiger partial charge in [0.25, 0.3) is 0 Å². The summed E-state index contributed by atoms with van der Waals surface area (Å²) in [7, 11) is 0. The maximum Gasteiger partial charge on any atom is 0.225 e. The van der Waals surface area contributed by atoms with E-state index in [1.807, 2.05) is 36.4 Å². The van der Waals surface area contributed by atoms with Crippen LogP contribution in [0.1, 0.15) is 30.4 Å². The Morgan fingerprint density at radius 1 is 0.870 bits per heavy atom. The molecule has 1 fully saturated rings. The number of aliphatic hydroxyl groups is 3. The second-order valence-corrected chi connectivity index (χ2v) is 6.94. The molecule has 3 nitrogen and oxygen atoms in total. The maximum absolute atomic E-state index is 11.6. The average Bonchev–Trinajstić information content (AvgIpc) is 2.66. The molecule has 0 aliphatic heterocycles. The van der Waals surface area contributed by atoms with Crippen LogP contribution < -0.4 is 0 Å². The summed E-state index contributed by atoms with van der Waals surface area (Å²) >= 11 is 0. The lowest BCUT2D eigenvalue weighted by molar-refractivity contribution is -0.310. The van der Waals surface area contributed by atoms with Gasteiger partial charge in [-0.3, -0.25) is 0 Å². The van der Waals surface area contributed by atoms with Crippen LogP contribution in [0.4, 0.5) is 0 Å². The molecule has 0 spiro atoms. The van der Waals surface area contributed by atoms with Crippen LogP contribution in [-0.4, -0.2) is 15.3 Å². The van der Waals surface area contributed by atoms with E-state index in [9.17, 15) is 15.3 Å². The summed E-state index contributed by atoms with van der Waals surface area (Å²) in [4.78, 5) is 0. The molecule has 1 unspecified atom stereocenters. The molecular formula is C20H18O3. The van der Waals surface area contributed by atoms with Crippen molar-refractivity contribution in [2.24, 2.45) is 5.92 Å². The summed E-state index contributed by atoms with van der Waals surface area (Å²) in [6, 6.07) is 15.4. The second-order valence-electron chi connectivity index (χ2n) is 6.94. The van der Waals surface area contributed by atoms with Gasteiger partial charge in [-0.2, -0.15) is 0 Å². The van der Waals surface area contributed by atoms with Crippen molar-refractivity contribution >= 4 is 21.5 Å². The minimum absolute atomic E-state index is 0.126. The standard InChI is InChI=1S/C20H18O3/c21-19(14-7-4-8-14)18-15-9-2-1-5-12(15)11-13-6-3-10-16(17(13)18)20(19,22)23/h1-3,5-6,9-11,14,21-23H,4,7-8H2. The Kier molecular flexibility index (Phi) is 2.42. The lowest BCUT2D eigenvalue weighted by Gasteiger charge is -2.45. The summed E-state index contributed by atoms with van der Waals surface area (Å²) in [6.45, 7) is 0. The first-order valence-electron chi connectivity index (χ1n) is 8.17. The lowest BCUT2D eigenvalue weighted by Crippen LogP contribution is -2.53. The van der Waals surface area contributed by atoms with Gasteiger partial charge in [-0.1, -0.05) is 48.9 Å². The Hall–Kier alpha value is -1.94. The van der Waals surface area contributed by atoms with Gasteiger partial charge in [0.15, 0.2) is 5.60 Å². The predicted molar refractivity (Wildman–Crippen MR) is 88.8 cm³/mol. The number of hydrogen-bond donors (Lipinski definition) is 3.